The lowest BCUT2D eigenvalue weighted by Gasteiger charge is -2.04. The van der Waals surface area contributed by atoms with E-state index in [1.165, 1.54) is 116 Å². The van der Waals surface area contributed by atoms with E-state index in [0.717, 1.165) is 38.5 Å². The second kappa shape index (κ2) is 29.8. The molecule has 0 aromatic heterocycles. The van der Waals surface area contributed by atoms with Crippen LogP contribution < -0.4 is 0 Å². The van der Waals surface area contributed by atoms with Gasteiger partial charge in [0.05, 0.1) is 0 Å². The highest BCUT2D eigenvalue weighted by Gasteiger charge is 2.09. The normalized spacial score (nSPS) is 11.2. The molecular weight excluding hydrogens is 444 g/mol. The molecule has 0 saturated heterocycles. The van der Waals surface area contributed by atoms with Gasteiger partial charge < -0.3 is 4.74 Å². The highest BCUT2D eigenvalue weighted by molar-refractivity contribution is 5.85. The highest BCUT2D eigenvalue weighted by Crippen LogP contribution is 2.13. The van der Waals surface area contributed by atoms with Crippen LogP contribution in [0.4, 0.5) is 0 Å². The lowest BCUT2D eigenvalue weighted by Crippen LogP contribution is -2.11. The summed E-state index contributed by atoms with van der Waals surface area (Å²) in [6.45, 7) is 6.01. The monoisotopic (exact) mass is 504 g/mol. The van der Waals surface area contributed by atoms with Crippen LogP contribution in [0.1, 0.15) is 174 Å². The van der Waals surface area contributed by atoms with E-state index < -0.39 is 0 Å². The SMILES string of the molecule is C=CCCCCCCCCC(=O)OC(=O)CCCCCCCCCCC/C=C\CCCCCCCC. The third kappa shape index (κ3) is 28.9. The first-order valence-corrected chi connectivity index (χ1v) is 15.7. The zero-order chi connectivity index (χ0) is 26.4. The summed E-state index contributed by atoms with van der Waals surface area (Å²) in [6, 6.07) is 0. The number of unbranched alkanes of at least 4 members (excludes halogenated alkanes) is 21. The van der Waals surface area contributed by atoms with Gasteiger partial charge >= 0.3 is 11.9 Å². The molecule has 0 spiro atoms. The van der Waals surface area contributed by atoms with Crippen molar-refractivity contribution in [2.75, 3.05) is 0 Å². The maximum Gasteiger partial charge on any atom is 0.313 e. The molecule has 0 saturated carbocycles. The van der Waals surface area contributed by atoms with E-state index in [2.05, 4.69) is 25.7 Å². The number of hydrogen-bond acceptors (Lipinski definition) is 3. The van der Waals surface area contributed by atoms with Crippen molar-refractivity contribution in [2.45, 2.75) is 174 Å². The van der Waals surface area contributed by atoms with Gasteiger partial charge in [0.25, 0.3) is 0 Å². The largest absolute Gasteiger partial charge is 0.393 e. The summed E-state index contributed by atoms with van der Waals surface area (Å²) in [6.07, 6.45) is 37.0. The van der Waals surface area contributed by atoms with Gasteiger partial charge in [-0.2, -0.15) is 0 Å². The van der Waals surface area contributed by atoms with Crippen molar-refractivity contribution < 1.29 is 14.3 Å². The minimum absolute atomic E-state index is 0.342. The number of carbonyl (C=O) groups is 2. The quantitative estimate of drug-likeness (QED) is 0.0460. The average Bonchev–Trinajstić information content (AvgIpc) is 2.87. The van der Waals surface area contributed by atoms with Crippen LogP contribution in [0, 0.1) is 0 Å². The van der Waals surface area contributed by atoms with E-state index >= 15 is 0 Å². The predicted molar refractivity (Wildman–Crippen MR) is 156 cm³/mol. The second-order valence-electron chi connectivity index (χ2n) is 10.5. The van der Waals surface area contributed by atoms with Crippen LogP contribution in [0.3, 0.4) is 0 Å². The number of ether oxygens (including phenoxy) is 1. The van der Waals surface area contributed by atoms with Crippen LogP contribution >= 0.6 is 0 Å². The molecule has 0 atom stereocenters. The summed E-state index contributed by atoms with van der Waals surface area (Å²) in [5.74, 6) is -0.689. The molecule has 3 nitrogen and oxygen atoms in total. The van der Waals surface area contributed by atoms with Crippen molar-refractivity contribution >= 4 is 11.9 Å². The number of rotatable bonds is 28. The molecule has 0 amide bonds. The second-order valence-corrected chi connectivity index (χ2v) is 10.5. The lowest BCUT2D eigenvalue weighted by molar-refractivity contribution is -0.159. The first kappa shape index (κ1) is 34.6. The van der Waals surface area contributed by atoms with Crippen molar-refractivity contribution in [1.29, 1.82) is 0 Å². The van der Waals surface area contributed by atoms with E-state index in [0.29, 0.717) is 12.8 Å². The van der Waals surface area contributed by atoms with Crippen LogP contribution in [0.15, 0.2) is 24.8 Å². The maximum absolute atomic E-state index is 11.8. The first-order chi connectivity index (χ1) is 17.7. The van der Waals surface area contributed by atoms with Crippen LogP contribution in [-0.2, 0) is 14.3 Å². The Bertz CT molecular complexity index is 523. The zero-order valence-electron chi connectivity index (χ0n) is 24.0. The van der Waals surface area contributed by atoms with E-state index in [4.69, 9.17) is 4.74 Å². The number of allylic oxidation sites excluding steroid dienone is 3. The molecular formula is C33H60O3. The molecule has 0 radical (unpaired) electrons. The molecule has 210 valence electrons. The summed E-state index contributed by atoms with van der Waals surface area (Å²) in [7, 11) is 0. The Morgan fingerprint density at radius 3 is 1.22 bits per heavy atom. The Hall–Kier alpha value is -1.38. The summed E-state index contributed by atoms with van der Waals surface area (Å²) < 4.78 is 4.95. The predicted octanol–water partition coefficient (Wildman–Crippen LogP) is 11.0. The Labute approximate surface area is 224 Å². The molecule has 0 aliphatic heterocycles. The minimum Gasteiger partial charge on any atom is -0.393 e. The number of esters is 2. The summed E-state index contributed by atoms with van der Waals surface area (Å²) in [4.78, 5) is 23.6. The van der Waals surface area contributed by atoms with Gasteiger partial charge in [-0.05, 0) is 51.4 Å². The highest BCUT2D eigenvalue weighted by atomic mass is 16.6. The Morgan fingerprint density at radius 2 is 0.833 bits per heavy atom. The Balaban J connectivity index is 3.30. The van der Waals surface area contributed by atoms with Crippen LogP contribution in [0.25, 0.3) is 0 Å². The van der Waals surface area contributed by atoms with Crippen LogP contribution in [0.5, 0.6) is 0 Å². The molecule has 0 fully saturated rings. The zero-order valence-corrected chi connectivity index (χ0v) is 24.0. The number of carbonyl (C=O) groups excluding carboxylic acids is 2. The topological polar surface area (TPSA) is 43.4 Å². The molecule has 0 unspecified atom stereocenters. The lowest BCUT2D eigenvalue weighted by atomic mass is 10.1. The van der Waals surface area contributed by atoms with Crippen molar-refractivity contribution in [3.63, 3.8) is 0 Å². The van der Waals surface area contributed by atoms with Crippen molar-refractivity contribution in [1.82, 2.24) is 0 Å². The van der Waals surface area contributed by atoms with E-state index in [1.807, 2.05) is 6.08 Å². The molecule has 0 heterocycles. The third-order valence-electron chi connectivity index (χ3n) is 6.91. The van der Waals surface area contributed by atoms with Crippen molar-refractivity contribution in [3.8, 4) is 0 Å². The molecule has 0 N–H and O–H groups in total. The standard InChI is InChI=1S/C33H60O3/c1-3-5-7-9-11-13-14-15-16-17-18-19-20-21-22-23-25-27-29-31-33(35)36-32(34)30-28-26-24-12-10-8-6-4-2/h4,15-16H,2-3,5-14,17-31H2,1H3/b16-15-. The van der Waals surface area contributed by atoms with E-state index in [1.54, 1.807) is 0 Å². The summed E-state index contributed by atoms with van der Waals surface area (Å²) in [5, 5.41) is 0. The molecule has 0 aromatic rings. The van der Waals surface area contributed by atoms with Gasteiger partial charge in [-0.1, -0.05) is 128 Å². The fourth-order valence-corrected chi connectivity index (χ4v) is 4.54. The fourth-order valence-electron chi connectivity index (χ4n) is 4.54. The van der Waals surface area contributed by atoms with E-state index in [-0.39, 0.29) is 11.9 Å². The fraction of sp³-hybridized carbons (Fsp3) is 0.818. The van der Waals surface area contributed by atoms with Crippen LogP contribution in [-0.4, -0.2) is 11.9 Å². The molecule has 0 rings (SSSR count). The van der Waals surface area contributed by atoms with Gasteiger partial charge in [0.1, 0.15) is 0 Å². The van der Waals surface area contributed by atoms with Crippen molar-refractivity contribution in [3.05, 3.63) is 24.8 Å². The van der Waals surface area contributed by atoms with Gasteiger partial charge in [-0.15, -0.1) is 6.58 Å². The van der Waals surface area contributed by atoms with Gasteiger partial charge in [-0.25, -0.2) is 0 Å². The maximum atomic E-state index is 11.8. The number of hydrogen-bond donors (Lipinski definition) is 0. The molecule has 0 aliphatic rings. The van der Waals surface area contributed by atoms with Crippen molar-refractivity contribution in [2.24, 2.45) is 0 Å². The average molecular weight is 505 g/mol. The van der Waals surface area contributed by atoms with Gasteiger partial charge in [0.2, 0.25) is 0 Å². The molecule has 0 aromatic carbocycles. The summed E-state index contributed by atoms with van der Waals surface area (Å²) in [5.41, 5.74) is 0. The van der Waals surface area contributed by atoms with E-state index in [9.17, 15) is 9.59 Å². The minimum atomic E-state index is -0.347. The van der Waals surface area contributed by atoms with Gasteiger partial charge in [0.15, 0.2) is 0 Å². The third-order valence-corrected chi connectivity index (χ3v) is 6.91. The van der Waals surface area contributed by atoms with Gasteiger partial charge in [0, 0.05) is 12.8 Å². The molecule has 3 heteroatoms. The van der Waals surface area contributed by atoms with Crippen LogP contribution in [0.2, 0.25) is 0 Å². The molecule has 36 heavy (non-hydrogen) atoms. The molecule has 0 aliphatic carbocycles. The Morgan fingerprint density at radius 1 is 0.500 bits per heavy atom. The first-order valence-electron chi connectivity index (χ1n) is 15.7. The van der Waals surface area contributed by atoms with Gasteiger partial charge in [-0.3, -0.25) is 9.59 Å². The Kier molecular flexibility index (Phi) is 28.7. The smallest absolute Gasteiger partial charge is 0.313 e. The molecule has 0 bridgehead atoms. The summed E-state index contributed by atoms with van der Waals surface area (Å²) >= 11 is 0.